The Hall–Kier alpha value is -1.82. The van der Waals surface area contributed by atoms with Crippen molar-refractivity contribution in [1.29, 1.82) is 0 Å². The molecule has 1 unspecified atom stereocenters. The van der Waals surface area contributed by atoms with Gasteiger partial charge < -0.3 is 20.2 Å². The maximum atomic E-state index is 13.5. The monoisotopic (exact) mass is 362 g/mol. The molecule has 0 radical (unpaired) electrons. The molecule has 2 fully saturated rings. The fraction of sp³-hybridized carbons (Fsp3) is 0.650. The lowest BCUT2D eigenvalue weighted by Gasteiger charge is -2.29. The van der Waals surface area contributed by atoms with Crippen molar-refractivity contribution in [2.24, 2.45) is 10.9 Å². The summed E-state index contributed by atoms with van der Waals surface area (Å²) in [7, 11) is 0. The van der Waals surface area contributed by atoms with Crippen LogP contribution in [0.5, 0.6) is 5.75 Å². The molecule has 6 heteroatoms. The highest BCUT2D eigenvalue weighted by atomic mass is 19.1. The maximum absolute atomic E-state index is 13.5. The first-order valence-electron chi connectivity index (χ1n) is 9.88. The van der Waals surface area contributed by atoms with Crippen LogP contribution in [-0.2, 0) is 6.54 Å². The van der Waals surface area contributed by atoms with E-state index >= 15 is 0 Å². The van der Waals surface area contributed by atoms with Crippen LogP contribution in [0.4, 0.5) is 4.39 Å². The summed E-state index contributed by atoms with van der Waals surface area (Å²) < 4.78 is 13.5. The topological polar surface area (TPSA) is 51.1 Å². The fourth-order valence-corrected chi connectivity index (χ4v) is 3.92. The largest absolute Gasteiger partial charge is 0.505 e. The molecule has 0 amide bonds. The standard InChI is InChI=1S/C20H31FN4O/c1-2-22-20(23-13-16-6-7-19(26)18(21)12-16)25-11-8-17(15-25)14-24-9-4-3-5-10-24/h6-7,12,17,26H,2-5,8-11,13-15H2,1H3,(H,22,23). The van der Waals surface area contributed by atoms with Crippen LogP contribution in [0.15, 0.2) is 23.2 Å². The first-order chi connectivity index (χ1) is 12.7. The van der Waals surface area contributed by atoms with Gasteiger partial charge in [-0.25, -0.2) is 9.38 Å². The zero-order chi connectivity index (χ0) is 18.4. The molecule has 0 aromatic heterocycles. The van der Waals surface area contributed by atoms with Crippen LogP contribution in [0.3, 0.4) is 0 Å². The Bertz CT molecular complexity index is 616. The Morgan fingerprint density at radius 3 is 2.81 bits per heavy atom. The van der Waals surface area contributed by atoms with Crippen molar-refractivity contribution in [3.05, 3.63) is 29.6 Å². The highest BCUT2D eigenvalue weighted by Crippen LogP contribution is 2.21. The number of guanidine groups is 1. The molecule has 2 saturated heterocycles. The highest BCUT2D eigenvalue weighted by molar-refractivity contribution is 5.80. The molecule has 144 valence electrons. The normalized spacial score (nSPS) is 22.0. The summed E-state index contributed by atoms with van der Waals surface area (Å²) in [4.78, 5) is 9.63. The minimum absolute atomic E-state index is 0.315. The number of hydrogen-bond donors (Lipinski definition) is 2. The number of aromatic hydroxyl groups is 1. The predicted molar refractivity (Wildman–Crippen MR) is 103 cm³/mol. The zero-order valence-corrected chi connectivity index (χ0v) is 15.8. The van der Waals surface area contributed by atoms with Gasteiger partial charge in [-0.3, -0.25) is 0 Å². The summed E-state index contributed by atoms with van der Waals surface area (Å²) in [6.45, 7) is 9.04. The van der Waals surface area contributed by atoms with Crippen molar-refractivity contribution in [3.8, 4) is 5.75 Å². The quantitative estimate of drug-likeness (QED) is 0.625. The average molecular weight is 362 g/mol. The second-order valence-electron chi connectivity index (χ2n) is 7.42. The minimum atomic E-state index is -0.592. The molecule has 0 spiro atoms. The van der Waals surface area contributed by atoms with E-state index in [1.54, 1.807) is 6.07 Å². The van der Waals surface area contributed by atoms with E-state index in [0.29, 0.717) is 12.5 Å². The third-order valence-corrected chi connectivity index (χ3v) is 5.31. The number of aliphatic imine (C=N–C) groups is 1. The van der Waals surface area contributed by atoms with Crippen molar-refractivity contribution in [3.63, 3.8) is 0 Å². The van der Waals surface area contributed by atoms with E-state index in [-0.39, 0.29) is 5.75 Å². The van der Waals surface area contributed by atoms with Gasteiger partial charge in [0.25, 0.3) is 0 Å². The number of halogens is 1. The van der Waals surface area contributed by atoms with E-state index in [0.717, 1.165) is 31.2 Å². The summed E-state index contributed by atoms with van der Waals surface area (Å²) in [6, 6.07) is 4.46. The highest BCUT2D eigenvalue weighted by Gasteiger charge is 2.26. The number of benzene rings is 1. The Morgan fingerprint density at radius 2 is 2.08 bits per heavy atom. The van der Waals surface area contributed by atoms with Crippen LogP contribution < -0.4 is 5.32 Å². The van der Waals surface area contributed by atoms with Crippen LogP contribution in [0.25, 0.3) is 0 Å². The van der Waals surface area contributed by atoms with Crippen molar-refractivity contribution in [2.45, 2.75) is 39.2 Å². The van der Waals surface area contributed by atoms with Crippen molar-refractivity contribution in [2.75, 3.05) is 39.3 Å². The number of phenolic OH excluding ortho intramolecular Hbond substituents is 1. The van der Waals surface area contributed by atoms with Gasteiger partial charge >= 0.3 is 0 Å². The molecule has 2 N–H and O–H groups in total. The number of hydrogen-bond acceptors (Lipinski definition) is 3. The van der Waals surface area contributed by atoms with Crippen molar-refractivity contribution in [1.82, 2.24) is 15.1 Å². The van der Waals surface area contributed by atoms with Gasteiger partial charge in [-0.05, 0) is 62.9 Å². The summed E-state index contributed by atoms with van der Waals surface area (Å²) in [6.07, 6.45) is 5.25. The zero-order valence-electron chi connectivity index (χ0n) is 15.8. The maximum Gasteiger partial charge on any atom is 0.194 e. The van der Waals surface area contributed by atoms with E-state index in [1.165, 1.54) is 57.5 Å². The van der Waals surface area contributed by atoms with Gasteiger partial charge in [0, 0.05) is 26.2 Å². The van der Waals surface area contributed by atoms with Gasteiger partial charge in [-0.15, -0.1) is 0 Å². The Balaban J connectivity index is 1.57. The van der Waals surface area contributed by atoms with E-state index in [2.05, 4.69) is 27.0 Å². The minimum Gasteiger partial charge on any atom is -0.505 e. The van der Waals surface area contributed by atoms with Gasteiger partial charge in [0.1, 0.15) is 0 Å². The Labute approximate surface area is 155 Å². The molecule has 1 aromatic rings. The Kier molecular flexibility index (Phi) is 6.72. The van der Waals surface area contributed by atoms with Gasteiger partial charge in [-0.1, -0.05) is 12.5 Å². The number of phenols is 1. The number of rotatable bonds is 5. The average Bonchev–Trinajstić information content (AvgIpc) is 3.10. The van der Waals surface area contributed by atoms with Crippen LogP contribution in [-0.4, -0.2) is 60.1 Å². The lowest BCUT2D eigenvalue weighted by atomic mass is 10.1. The molecule has 3 rings (SSSR count). The molecule has 0 saturated carbocycles. The number of likely N-dealkylation sites (tertiary alicyclic amines) is 2. The number of piperidine rings is 1. The molecule has 0 aliphatic carbocycles. The third-order valence-electron chi connectivity index (χ3n) is 5.31. The van der Waals surface area contributed by atoms with Crippen LogP contribution >= 0.6 is 0 Å². The fourth-order valence-electron chi connectivity index (χ4n) is 3.92. The molecule has 1 aromatic carbocycles. The van der Waals surface area contributed by atoms with Gasteiger partial charge in [0.2, 0.25) is 0 Å². The third kappa shape index (κ3) is 5.10. The second-order valence-corrected chi connectivity index (χ2v) is 7.42. The van der Waals surface area contributed by atoms with E-state index in [1.807, 2.05) is 0 Å². The van der Waals surface area contributed by atoms with Crippen LogP contribution in [0, 0.1) is 11.7 Å². The summed E-state index contributed by atoms with van der Waals surface area (Å²) in [5, 5.41) is 12.7. The van der Waals surface area contributed by atoms with E-state index < -0.39 is 5.82 Å². The molecule has 2 aliphatic rings. The van der Waals surface area contributed by atoms with Gasteiger partial charge in [0.15, 0.2) is 17.5 Å². The molecule has 0 bridgehead atoms. The smallest absolute Gasteiger partial charge is 0.194 e. The molecule has 5 nitrogen and oxygen atoms in total. The van der Waals surface area contributed by atoms with E-state index in [4.69, 9.17) is 0 Å². The van der Waals surface area contributed by atoms with Crippen molar-refractivity contribution < 1.29 is 9.50 Å². The summed E-state index contributed by atoms with van der Waals surface area (Å²) >= 11 is 0. The number of nitrogens with one attached hydrogen (secondary N) is 1. The molecular formula is C20H31FN4O. The lowest BCUT2D eigenvalue weighted by molar-refractivity contribution is 0.198. The molecule has 2 aliphatic heterocycles. The second kappa shape index (κ2) is 9.21. The predicted octanol–water partition coefficient (Wildman–Crippen LogP) is 2.80. The summed E-state index contributed by atoms with van der Waals surface area (Å²) in [5.41, 5.74) is 0.764. The molecule has 2 heterocycles. The van der Waals surface area contributed by atoms with Gasteiger partial charge in [0.05, 0.1) is 6.54 Å². The first-order valence-corrected chi connectivity index (χ1v) is 9.88. The van der Waals surface area contributed by atoms with E-state index in [9.17, 15) is 9.50 Å². The Morgan fingerprint density at radius 1 is 1.27 bits per heavy atom. The molecule has 1 atom stereocenters. The van der Waals surface area contributed by atoms with Crippen LogP contribution in [0.2, 0.25) is 0 Å². The SMILES string of the molecule is CCNC(=NCc1ccc(O)c(F)c1)N1CCC(CN2CCCCC2)C1. The van der Waals surface area contributed by atoms with Gasteiger partial charge in [-0.2, -0.15) is 0 Å². The van der Waals surface area contributed by atoms with Crippen LogP contribution in [0.1, 0.15) is 38.2 Å². The number of nitrogens with zero attached hydrogens (tertiary/aromatic N) is 3. The first kappa shape index (κ1) is 19.0. The lowest BCUT2D eigenvalue weighted by Crippen LogP contribution is -2.41. The molecule has 26 heavy (non-hydrogen) atoms. The molecular weight excluding hydrogens is 331 g/mol. The van der Waals surface area contributed by atoms with Crippen molar-refractivity contribution >= 4 is 5.96 Å². The summed E-state index contributed by atoms with van der Waals surface area (Å²) in [5.74, 6) is 0.695.